The Hall–Kier alpha value is -4.58. The lowest BCUT2D eigenvalue weighted by Gasteiger charge is -2.31. The van der Waals surface area contributed by atoms with E-state index in [4.69, 9.17) is 5.10 Å². The predicted octanol–water partition coefficient (Wildman–Crippen LogP) is 7.79. The minimum absolute atomic E-state index is 0.133. The maximum atomic E-state index is 14.3. The van der Waals surface area contributed by atoms with E-state index in [0.717, 1.165) is 51.7 Å². The van der Waals surface area contributed by atoms with Gasteiger partial charge in [0, 0.05) is 17.4 Å². The molecule has 1 atom stereocenters. The first-order valence-corrected chi connectivity index (χ1v) is 14.0. The Bertz CT molecular complexity index is 1650. The van der Waals surface area contributed by atoms with Crippen molar-refractivity contribution in [3.63, 3.8) is 0 Å². The van der Waals surface area contributed by atoms with E-state index in [1.807, 2.05) is 52.9 Å². The van der Waals surface area contributed by atoms with Gasteiger partial charge in [-0.2, -0.15) is 5.10 Å². The monoisotopic (exact) mass is 529 g/mol. The second-order valence-electron chi connectivity index (χ2n) is 10.7. The third kappa shape index (κ3) is 4.49. The first kappa shape index (κ1) is 25.7. The van der Waals surface area contributed by atoms with Crippen LogP contribution >= 0.6 is 0 Å². The van der Waals surface area contributed by atoms with Gasteiger partial charge in [-0.05, 0) is 66.3 Å². The van der Waals surface area contributed by atoms with Crippen molar-refractivity contribution >= 4 is 11.7 Å². The molecule has 0 fully saturated rings. The number of amides is 2. The van der Waals surface area contributed by atoms with Crippen molar-refractivity contribution in [3.8, 4) is 11.5 Å². The first-order chi connectivity index (χ1) is 19.5. The first-order valence-electron chi connectivity index (χ1n) is 14.0. The van der Waals surface area contributed by atoms with Gasteiger partial charge in [0.25, 0.3) is 0 Å². The van der Waals surface area contributed by atoms with Crippen LogP contribution in [0.25, 0.3) is 11.5 Å². The fraction of sp³-hybridized carbons (Fsp3) is 0.235. The number of aromatic nitrogens is 3. The molecule has 0 unspecified atom stereocenters. The summed E-state index contributed by atoms with van der Waals surface area (Å²) in [5.74, 6) is 1.40. The topological polar surface area (TPSA) is 55.1 Å². The minimum Gasteiger partial charge on any atom is -0.308 e. The number of rotatable bonds is 5. The third-order valence-corrected chi connectivity index (χ3v) is 7.91. The number of aryl methyl sites for hydroxylation is 2. The van der Waals surface area contributed by atoms with E-state index in [0.29, 0.717) is 12.5 Å². The summed E-state index contributed by atoms with van der Waals surface area (Å²) in [6.07, 6.45) is 2.92. The summed E-state index contributed by atoms with van der Waals surface area (Å²) in [6, 6.07) is 30.7. The molecule has 6 nitrogen and oxygen atoms in total. The molecule has 6 rings (SSSR count). The quantitative estimate of drug-likeness (QED) is 0.253. The van der Waals surface area contributed by atoms with Gasteiger partial charge in [-0.1, -0.05) is 81.4 Å². The Morgan fingerprint density at radius 1 is 0.950 bits per heavy atom. The van der Waals surface area contributed by atoms with Crippen LogP contribution in [0.1, 0.15) is 66.4 Å². The van der Waals surface area contributed by atoms with Gasteiger partial charge in [0.05, 0.1) is 29.7 Å². The van der Waals surface area contributed by atoms with E-state index in [2.05, 4.69) is 91.4 Å². The molecule has 0 radical (unpaired) electrons. The maximum absolute atomic E-state index is 14.3. The average molecular weight is 530 g/mol. The number of nitrogens with one attached hydrogen (secondary N) is 1. The minimum atomic E-state index is -0.291. The fourth-order valence-corrected chi connectivity index (χ4v) is 5.70. The molecular formula is C34H35N5O. The summed E-state index contributed by atoms with van der Waals surface area (Å²) in [4.78, 5) is 16.2. The number of carbonyl (C=O) groups excluding carboxylic acids is 1. The van der Waals surface area contributed by atoms with Gasteiger partial charge < -0.3 is 14.8 Å². The van der Waals surface area contributed by atoms with E-state index in [1.165, 1.54) is 5.56 Å². The molecule has 2 aromatic heterocycles. The van der Waals surface area contributed by atoms with Crippen LogP contribution in [0.5, 0.6) is 0 Å². The second kappa shape index (κ2) is 10.5. The molecule has 3 aromatic carbocycles. The molecule has 0 bridgehead atoms. The second-order valence-corrected chi connectivity index (χ2v) is 10.7. The van der Waals surface area contributed by atoms with Crippen molar-refractivity contribution in [1.29, 1.82) is 0 Å². The van der Waals surface area contributed by atoms with Crippen LogP contribution in [0, 0.1) is 6.92 Å². The number of fused-ring (bicyclic) bond motifs is 3. The van der Waals surface area contributed by atoms with Crippen LogP contribution in [0.2, 0.25) is 0 Å². The highest BCUT2D eigenvalue weighted by atomic mass is 16.2. The average Bonchev–Trinajstić information content (AvgIpc) is 3.54. The summed E-state index contributed by atoms with van der Waals surface area (Å²) in [6.45, 7) is 8.96. The number of hydrogen-bond acceptors (Lipinski definition) is 2. The smallest absolute Gasteiger partial charge is 0.308 e. The van der Waals surface area contributed by atoms with Gasteiger partial charge in [0.2, 0.25) is 0 Å². The van der Waals surface area contributed by atoms with E-state index >= 15 is 0 Å². The Balaban J connectivity index is 1.52. The summed E-state index contributed by atoms with van der Waals surface area (Å²) in [5, 5.41) is 8.20. The van der Waals surface area contributed by atoms with Gasteiger partial charge in [0.15, 0.2) is 0 Å². The third-order valence-electron chi connectivity index (χ3n) is 7.91. The zero-order valence-electron chi connectivity index (χ0n) is 23.5. The lowest BCUT2D eigenvalue weighted by Crippen LogP contribution is -2.38. The van der Waals surface area contributed by atoms with Crippen LogP contribution in [0.15, 0.2) is 97.2 Å². The lowest BCUT2D eigenvalue weighted by molar-refractivity contribution is 0.194. The van der Waals surface area contributed by atoms with Gasteiger partial charge in [-0.15, -0.1) is 0 Å². The maximum Gasteiger partial charge on any atom is 0.322 e. The Labute approximate surface area is 235 Å². The molecule has 1 aliphatic heterocycles. The van der Waals surface area contributed by atoms with Crippen LogP contribution in [0.4, 0.5) is 10.5 Å². The number of benzene rings is 3. The van der Waals surface area contributed by atoms with Gasteiger partial charge in [-0.3, -0.25) is 0 Å². The highest BCUT2D eigenvalue weighted by molar-refractivity contribution is 5.91. The van der Waals surface area contributed by atoms with Crippen molar-refractivity contribution in [2.45, 2.75) is 52.6 Å². The Morgan fingerprint density at radius 3 is 2.40 bits per heavy atom. The number of nitrogens with zero attached hydrogens (tertiary/aromatic N) is 4. The zero-order chi connectivity index (χ0) is 27.8. The molecule has 6 heteroatoms. The van der Waals surface area contributed by atoms with Crippen molar-refractivity contribution in [3.05, 3.63) is 131 Å². The highest BCUT2D eigenvalue weighted by Crippen LogP contribution is 2.39. The van der Waals surface area contributed by atoms with Gasteiger partial charge in [-0.25, -0.2) is 9.48 Å². The number of anilines is 1. The zero-order valence-corrected chi connectivity index (χ0v) is 23.5. The molecule has 0 saturated heterocycles. The molecule has 3 heterocycles. The highest BCUT2D eigenvalue weighted by Gasteiger charge is 2.36. The van der Waals surface area contributed by atoms with Crippen LogP contribution < -0.4 is 5.32 Å². The van der Waals surface area contributed by atoms with E-state index in [9.17, 15) is 4.79 Å². The Kier molecular flexibility index (Phi) is 6.76. The van der Waals surface area contributed by atoms with Crippen LogP contribution in [-0.2, 0) is 13.0 Å². The molecule has 1 N–H and O–H groups in total. The number of para-hydroxylation sites is 2. The van der Waals surface area contributed by atoms with E-state index in [-0.39, 0.29) is 12.1 Å². The van der Waals surface area contributed by atoms with Crippen LogP contribution in [0.3, 0.4) is 0 Å². The van der Waals surface area contributed by atoms with Crippen molar-refractivity contribution in [1.82, 2.24) is 19.2 Å². The fourth-order valence-electron chi connectivity index (χ4n) is 5.70. The summed E-state index contributed by atoms with van der Waals surface area (Å²) in [7, 11) is 0. The summed E-state index contributed by atoms with van der Waals surface area (Å²) >= 11 is 0. The normalized spacial score (nSPS) is 14.5. The molecule has 0 saturated carbocycles. The van der Waals surface area contributed by atoms with Gasteiger partial charge in [0.1, 0.15) is 5.82 Å². The Morgan fingerprint density at radius 2 is 1.68 bits per heavy atom. The largest absolute Gasteiger partial charge is 0.322 e. The number of urea groups is 1. The molecule has 5 aromatic rings. The van der Waals surface area contributed by atoms with Crippen molar-refractivity contribution in [2.24, 2.45) is 0 Å². The molecule has 0 spiro atoms. The predicted molar refractivity (Wildman–Crippen MR) is 160 cm³/mol. The van der Waals surface area contributed by atoms with E-state index in [1.54, 1.807) is 0 Å². The lowest BCUT2D eigenvalue weighted by atomic mass is 9.97. The molecule has 1 aliphatic rings. The molecular weight excluding hydrogens is 494 g/mol. The number of hydrogen-bond donors (Lipinski definition) is 1. The molecule has 2 amide bonds. The SMILES string of the molecule is CCc1ccccc1NC(=O)N1Cc2c(C)nn(-c3ccccc3)c2-n2cccc2[C@@H]1c1ccc(C(C)C)cc1. The van der Waals surface area contributed by atoms with Crippen molar-refractivity contribution < 1.29 is 4.79 Å². The van der Waals surface area contributed by atoms with Crippen LogP contribution in [-0.4, -0.2) is 25.3 Å². The van der Waals surface area contributed by atoms with Crippen molar-refractivity contribution in [2.75, 3.05) is 5.32 Å². The van der Waals surface area contributed by atoms with Gasteiger partial charge >= 0.3 is 6.03 Å². The standard InChI is InChI=1S/C34H35N5O/c1-5-25-12-9-10-15-30(25)35-34(40)38-22-29-24(4)36-39(28-13-7-6-8-14-28)33(29)37-21-11-16-31(37)32(38)27-19-17-26(18-20-27)23(2)3/h6-21,23,32H,5,22H2,1-4H3,(H,35,40)/t32-/m0/s1. The van der Waals surface area contributed by atoms with E-state index < -0.39 is 0 Å². The molecule has 40 heavy (non-hydrogen) atoms. The molecule has 202 valence electrons. The molecule has 0 aliphatic carbocycles. The summed E-state index contributed by atoms with van der Waals surface area (Å²) in [5.41, 5.74) is 8.25. The number of carbonyl (C=O) groups is 1. The summed E-state index contributed by atoms with van der Waals surface area (Å²) < 4.78 is 4.21.